The van der Waals surface area contributed by atoms with Crippen LogP contribution in [0.1, 0.15) is 30.9 Å². The van der Waals surface area contributed by atoms with Crippen LogP contribution in [0.25, 0.3) is 6.08 Å². The number of hydrogen-bond donors (Lipinski definition) is 0. The molecule has 0 unspecified atom stereocenters. The molecule has 0 fully saturated rings. The quantitative estimate of drug-likeness (QED) is 0.235. The van der Waals surface area contributed by atoms with Crippen molar-refractivity contribution in [1.29, 1.82) is 0 Å². The summed E-state index contributed by atoms with van der Waals surface area (Å²) in [6.45, 7) is 1.90. The Morgan fingerprint density at radius 1 is 1.21 bits per heavy atom. The van der Waals surface area contributed by atoms with Crippen LogP contribution in [-0.2, 0) is 14.3 Å². The van der Waals surface area contributed by atoms with E-state index in [9.17, 15) is 9.59 Å². The summed E-state index contributed by atoms with van der Waals surface area (Å²) in [7, 11) is 0. The molecule has 0 amide bonds. The summed E-state index contributed by atoms with van der Waals surface area (Å²) < 4.78 is 11.7. The second-order valence-electron chi connectivity index (χ2n) is 6.00. The average Bonchev–Trinajstić information content (AvgIpc) is 2.98. The summed E-state index contributed by atoms with van der Waals surface area (Å²) in [6, 6.07) is 8.23. The summed E-state index contributed by atoms with van der Waals surface area (Å²) in [5, 5.41) is 0.794. The van der Waals surface area contributed by atoms with Gasteiger partial charge in [-0.15, -0.1) is 0 Å². The van der Waals surface area contributed by atoms with Crippen molar-refractivity contribution in [3.05, 3.63) is 66.1 Å². The van der Waals surface area contributed by atoms with Crippen LogP contribution in [0.15, 0.2) is 50.0 Å². The minimum atomic E-state index is -0.600. The van der Waals surface area contributed by atoms with Gasteiger partial charge >= 0.3 is 11.9 Å². The van der Waals surface area contributed by atoms with E-state index in [0.29, 0.717) is 48.7 Å². The number of cyclic esters (lactones) is 1. The summed E-state index contributed by atoms with van der Waals surface area (Å²) in [4.78, 5) is 28.2. The Balaban J connectivity index is 1.90. The Labute approximate surface area is 193 Å². The Hall–Kier alpha value is -1.67. The maximum atomic E-state index is 12.2. The van der Waals surface area contributed by atoms with Crippen molar-refractivity contribution in [3.63, 3.8) is 0 Å². The van der Waals surface area contributed by atoms with E-state index in [2.05, 4.69) is 36.9 Å². The number of aliphatic imine (C=N–C) groups is 1. The Bertz CT molecular complexity index is 1040. The van der Waals surface area contributed by atoms with Crippen LogP contribution in [0, 0.1) is 0 Å². The number of nitrogens with zero attached hydrogens (tertiary/aromatic N) is 1. The first-order valence-electron chi connectivity index (χ1n) is 8.46. The van der Waals surface area contributed by atoms with Crippen molar-refractivity contribution in [2.24, 2.45) is 4.99 Å². The van der Waals surface area contributed by atoms with E-state index >= 15 is 0 Å². The smallest absolute Gasteiger partial charge is 0.363 e. The van der Waals surface area contributed by atoms with Gasteiger partial charge in [-0.1, -0.05) is 30.1 Å². The second kappa shape index (κ2) is 9.43. The van der Waals surface area contributed by atoms with E-state index in [-0.39, 0.29) is 17.6 Å². The molecule has 0 aromatic heterocycles. The minimum Gasteiger partial charge on any atom is -0.424 e. The van der Waals surface area contributed by atoms with Crippen molar-refractivity contribution >= 4 is 79.0 Å². The monoisotopic (exact) mass is 559 g/mol. The molecule has 0 spiro atoms. The summed E-state index contributed by atoms with van der Waals surface area (Å²) >= 11 is 18.8. The van der Waals surface area contributed by atoms with Crippen molar-refractivity contribution in [1.82, 2.24) is 0 Å². The first-order chi connectivity index (χ1) is 13.8. The largest absolute Gasteiger partial charge is 0.424 e. The molecule has 9 heteroatoms. The first-order valence-corrected chi connectivity index (χ1v) is 10.8. The number of hydrogen-bond acceptors (Lipinski definition) is 5. The lowest BCUT2D eigenvalue weighted by Crippen LogP contribution is -2.08. The molecule has 2 aromatic rings. The number of benzene rings is 2. The van der Waals surface area contributed by atoms with Crippen molar-refractivity contribution in [2.75, 3.05) is 0 Å². The maximum Gasteiger partial charge on any atom is 0.363 e. The highest BCUT2D eigenvalue weighted by Crippen LogP contribution is 2.36. The summed E-state index contributed by atoms with van der Waals surface area (Å²) in [5.41, 5.74) is 1.23. The van der Waals surface area contributed by atoms with E-state index < -0.39 is 5.97 Å². The molecular formula is C20H13Br2Cl2NO4. The molecule has 0 saturated carbocycles. The van der Waals surface area contributed by atoms with Crippen LogP contribution in [0.3, 0.4) is 0 Å². The molecule has 3 rings (SSSR count). The normalized spacial score (nSPS) is 14.7. The lowest BCUT2D eigenvalue weighted by Gasteiger charge is -2.09. The van der Waals surface area contributed by atoms with E-state index in [1.807, 2.05) is 6.92 Å². The second-order valence-corrected chi connectivity index (χ2v) is 8.55. The lowest BCUT2D eigenvalue weighted by atomic mass is 10.2. The van der Waals surface area contributed by atoms with Gasteiger partial charge in [-0.3, -0.25) is 4.79 Å². The van der Waals surface area contributed by atoms with Gasteiger partial charge in [0.05, 0.1) is 19.5 Å². The van der Waals surface area contributed by atoms with Gasteiger partial charge in [0.2, 0.25) is 5.90 Å². The Kier molecular flexibility index (Phi) is 7.16. The lowest BCUT2D eigenvalue weighted by molar-refractivity contribution is -0.134. The molecule has 150 valence electrons. The van der Waals surface area contributed by atoms with E-state index in [4.69, 9.17) is 32.7 Å². The van der Waals surface area contributed by atoms with Gasteiger partial charge in [-0.25, -0.2) is 9.79 Å². The fraction of sp³-hybridized carbons (Fsp3) is 0.150. The zero-order valence-electron chi connectivity index (χ0n) is 15.0. The number of carbonyl (C=O) groups excluding carboxylic acids is 2. The van der Waals surface area contributed by atoms with Gasteiger partial charge < -0.3 is 9.47 Å². The molecule has 1 heterocycles. The number of carbonyl (C=O) groups is 2. The molecule has 5 nitrogen and oxygen atoms in total. The standard InChI is InChI=1S/C20H13Br2Cl2NO4/c1-2-3-17(26)28-18-13(21)6-10(7-14(18)22)8-16-20(27)29-19(25-16)12-5-4-11(23)9-15(12)24/h4-9H,2-3H2,1H3/b16-8-. The molecule has 1 aliphatic rings. The Morgan fingerprint density at radius 2 is 1.90 bits per heavy atom. The molecule has 0 N–H and O–H groups in total. The first kappa shape index (κ1) is 22.0. The van der Waals surface area contributed by atoms with Gasteiger partial charge in [-0.2, -0.15) is 0 Å². The molecule has 0 saturated heterocycles. The molecular weight excluding hydrogens is 549 g/mol. The van der Waals surface area contributed by atoms with Crippen LogP contribution in [0.5, 0.6) is 5.75 Å². The van der Waals surface area contributed by atoms with Crippen molar-refractivity contribution < 1.29 is 19.1 Å². The van der Waals surface area contributed by atoms with Gasteiger partial charge in [0.25, 0.3) is 0 Å². The SMILES string of the molecule is CCCC(=O)Oc1c(Br)cc(/C=C2\N=C(c3ccc(Cl)cc3Cl)OC2=O)cc1Br. The molecule has 1 aliphatic heterocycles. The van der Waals surface area contributed by atoms with E-state index in [1.54, 1.807) is 36.4 Å². The van der Waals surface area contributed by atoms with Gasteiger partial charge in [-0.05, 0) is 80.3 Å². The summed E-state index contributed by atoms with van der Waals surface area (Å²) in [5.74, 6) is -0.451. The molecule has 0 atom stereocenters. The predicted molar refractivity (Wildman–Crippen MR) is 119 cm³/mol. The number of esters is 2. The molecule has 29 heavy (non-hydrogen) atoms. The zero-order chi connectivity index (χ0) is 21.1. The number of rotatable bonds is 5. The van der Waals surface area contributed by atoms with Crippen LogP contribution in [0.4, 0.5) is 0 Å². The fourth-order valence-electron chi connectivity index (χ4n) is 2.47. The Morgan fingerprint density at radius 3 is 2.52 bits per heavy atom. The fourth-order valence-corrected chi connectivity index (χ4v) is 4.35. The van der Waals surface area contributed by atoms with E-state index in [0.717, 1.165) is 0 Å². The third-order valence-corrected chi connectivity index (χ3v) is 5.50. The molecule has 0 radical (unpaired) electrons. The van der Waals surface area contributed by atoms with Crippen LogP contribution in [-0.4, -0.2) is 17.8 Å². The van der Waals surface area contributed by atoms with Crippen LogP contribution < -0.4 is 4.74 Å². The predicted octanol–water partition coefficient (Wildman–Crippen LogP) is 6.57. The highest BCUT2D eigenvalue weighted by atomic mass is 79.9. The maximum absolute atomic E-state index is 12.2. The van der Waals surface area contributed by atoms with Crippen molar-refractivity contribution in [3.8, 4) is 5.75 Å². The zero-order valence-corrected chi connectivity index (χ0v) is 19.7. The number of ether oxygens (including phenoxy) is 2. The van der Waals surface area contributed by atoms with Gasteiger partial charge in [0.1, 0.15) is 0 Å². The summed E-state index contributed by atoms with van der Waals surface area (Å²) in [6.07, 6.45) is 2.58. The third-order valence-electron chi connectivity index (χ3n) is 3.78. The van der Waals surface area contributed by atoms with Crippen LogP contribution in [0.2, 0.25) is 10.0 Å². The minimum absolute atomic E-state index is 0.103. The highest BCUT2D eigenvalue weighted by molar-refractivity contribution is 9.11. The van der Waals surface area contributed by atoms with Crippen molar-refractivity contribution in [2.45, 2.75) is 19.8 Å². The molecule has 0 aliphatic carbocycles. The van der Waals surface area contributed by atoms with Gasteiger partial charge in [0, 0.05) is 11.4 Å². The topological polar surface area (TPSA) is 65.0 Å². The van der Waals surface area contributed by atoms with E-state index in [1.165, 1.54) is 0 Å². The highest BCUT2D eigenvalue weighted by Gasteiger charge is 2.26. The third kappa shape index (κ3) is 5.28. The average molecular weight is 562 g/mol. The van der Waals surface area contributed by atoms with Gasteiger partial charge in [0.15, 0.2) is 11.4 Å². The molecule has 0 bridgehead atoms. The van der Waals surface area contributed by atoms with Crippen LogP contribution >= 0.6 is 55.1 Å². The number of halogens is 4. The molecule has 2 aromatic carbocycles.